The Labute approximate surface area is 104 Å². The van der Waals surface area contributed by atoms with Crippen LogP contribution < -0.4 is 0 Å². The molecule has 3 nitrogen and oxygen atoms in total. The lowest BCUT2D eigenvalue weighted by molar-refractivity contribution is -0.150. The molecule has 1 saturated carbocycles. The summed E-state index contributed by atoms with van der Waals surface area (Å²) in [5.41, 5.74) is 0. The minimum absolute atomic E-state index is 0.0337. The molecule has 0 aromatic heterocycles. The molecule has 2 fully saturated rings. The van der Waals surface area contributed by atoms with E-state index in [4.69, 9.17) is 9.47 Å². The molecule has 2 rings (SSSR count). The molecular weight excluding hydrogens is 216 g/mol. The molecule has 3 heteroatoms. The van der Waals surface area contributed by atoms with E-state index in [1.54, 1.807) is 0 Å². The first-order valence-corrected chi connectivity index (χ1v) is 7.04. The van der Waals surface area contributed by atoms with Crippen LogP contribution in [0.5, 0.6) is 0 Å². The van der Waals surface area contributed by atoms with Gasteiger partial charge >= 0.3 is 5.97 Å². The van der Waals surface area contributed by atoms with Crippen LogP contribution in [-0.4, -0.2) is 25.3 Å². The zero-order valence-electron chi connectivity index (χ0n) is 10.8. The molecule has 98 valence electrons. The lowest BCUT2D eigenvalue weighted by Crippen LogP contribution is -2.27. The summed E-state index contributed by atoms with van der Waals surface area (Å²) in [5, 5.41) is 0. The van der Waals surface area contributed by atoms with Crippen molar-refractivity contribution in [2.45, 2.75) is 58.0 Å². The first kappa shape index (κ1) is 12.9. The molecular formula is C14H24O3. The highest BCUT2D eigenvalue weighted by atomic mass is 16.5. The highest BCUT2D eigenvalue weighted by Crippen LogP contribution is 2.29. The number of ether oxygens (including phenoxy) is 2. The van der Waals surface area contributed by atoms with Crippen molar-refractivity contribution in [2.75, 3.05) is 13.2 Å². The third kappa shape index (κ3) is 3.98. The number of hydrogen-bond donors (Lipinski definition) is 0. The second-order valence-corrected chi connectivity index (χ2v) is 5.55. The summed E-state index contributed by atoms with van der Waals surface area (Å²) in [6.07, 6.45) is 7.98. The number of carbonyl (C=O) groups excluding carboxylic acids is 1. The highest BCUT2D eigenvalue weighted by molar-refractivity contribution is 5.72. The lowest BCUT2D eigenvalue weighted by atomic mass is 9.83. The third-order valence-corrected chi connectivity index (χ3v) is 4.06. The smallest absolute Gasteiger partial charge is 0.308 e. The summed E-state index contributed by atoms with van der Waals surface area (Å²) in [4.78, 5) is 11.8. The molecule has 2 aliphatic rings. The average Bonchev–Trinajstić information content (AvgIpc) is 2.27. The van der Waals surface area contributed by atoms with Crippen molar-refractivity contribution in [3.05, 3.63) is 0 Å². The number of hydrogen-bond acceptors (Lipinski definition) is 3. The Morgan fingerprint density at radius 2 is 1.94 bits per heavy atom. The van der Waals surface area contributed by atoms with Crippen LogP contribution in [0, 0.1) is 11.8 Å². The van der Waals surface area contributed by atoms with Crippen molar-refractivity contribution in [3.63, 3.8) is 0 Å². The predicted octanol–water partition coefficient (Wildman–Crippen LogP) is 2.93. The maximum Gasteiger partial charge on any atom is 0.308 e. The Bertz CT molecular complexity index is 240. The minimum atomic E-state index is 0.0337. The van der Waals surface area contributed by atoms with Gasteiger partial charge in [-0.25, -0.2) is 0 Å². The summed E-state index contributed by atoms with van der Waals surface area (Å²) in [7, 11) is 0. The molecule has 0 amide bonds. The van der Waals surface area contributed by atoms with Gasteiger partial charge in [0.2, 0.25) is 0 Å². The molecule has 1 atom stereocenters. The first-order valence-electron chi connectivity index (χ1n) is 7.04. The largest absolute Gasteiger partial charge is 0.465 e. The molecule has 0 spiro atoms. The van der Waals surface area contributed by atoms with Crippen LogP contribution in [0.4, 0.5) is 0 Å². The minimum Gasteiger partial charge on any atom is -0.465 e. The molecule has 0 aromatic carbocycles. The van der Waals surface area contributed by atoms with E-state index in [-0.39, 0.29) is 11.9 Å². The van der Waals surface area contributed by atoms with Crippen LogP contribution in [0.1, 0.15) is 51.9 Å². The molecule has 1 unspecified atom stereocenters. The Morgan fingerprint density at radius 3 is 2.53 bits per heavy atom. The van der Waals surface area contributed by atoms with Gasteiger partial charge in [-0.15, -0.1) is 0 Å². The van der Waals surface area contributed by atoms with E-state index < -0.39 is 0 Å². The van der Waals surface area contributed by atoms with Crippen molar-refractivity contribution in [1.82, 2.24) is 0 Å². The van der Waals surface area contributed by atoms with Gasteiger partial charge in [0.15, 0.2) is 0 Å². The van der Waals surface area contributed by atoms with Gasteiger partial charge in [0.05, 0.1) is 18.6 Å². The van der Waals surface area contributed by atoms with E-state index in [1.165, 1.54) is 19.3 Å². The average molecular weight is 240 g/mol. The first-order chi connectivity index (χ1) is 8.25. The molecule has 0 bridgehead atoms. The van der Waals surface area contributed by atoms with E-state index in [1.807, 2.05) is 0 Å². The lowest BCUT2D eigenvalue weighted by Gasteiger charge is -2.26. The van der Waals surface area contributed by atoms with E-state index in [0.29, 0.717) is 12.7 Å². The summed E-state index contributed by atoms with van der Waals surface area (Å²) in [5.74, 6) is 0.993. The van der Waals surface area contributed by atoms with Crippen LogP contribution in [0.25, 0.3) is 0 Å². The van der Waals surface area contributed by atoms with Crippen LogP contribution in [0.2, 0.25) is 0 Å². The zero-order valence-corrected chi connectivity index (χ0v) is 10.8. The molecule has 1 heterocycles. The molecule has 17 heavy (non-hydrogen) atoms. The van der Waals surface area contributed by atoms with E-state index in [0.717, 1.165) is 38.2 Å². The van der Waals surface area contributed by atoms with Crippen molar-refractivity contribution in [2.24, 2.45) is 11.8 Å². The van der Waals surface area contributed by atoms with Gasteiger partial charge in [0.25, 0.3) is 0 Å². The van der Waals surface area contributed by atoms with Crippen molar-refractivity contribution in [3.8, 4) is 0 Å². The van der Waals surface area contributed by atoms with Gasteiger partial charge in [0, 0.05) is 6.61 Å². The molecule has 1 saturated heterocycles. The third-order valence-electron chi connectivity index (χ3n) is 4.06. The van der Waals surface area contributed by atoms with Crippen LogP contribution in [-0.2, 0) is 14.3 Å². The molecule has 1 aliphatic heterocycles. The fourth-order valence-corrected chi connectivity index (χ4v) is 2.61. The second kappa shape index (κ2) is 6.39. The topological polar surface area (TPSA) is 35.5 Å². The summed E-state index contributed by atoms with van der Waals surface area (Å²) in [6, 6.07) is 0. The Kier molecular flexibility index (Phi) is 4.84. The maximum absolute atomic E-state index is 11.8. The summed E-state index contributed by atoms with van der Waals surface area (Å²) in [6.45, 7) is 3.75. The molecule has 0 N–H and O–H groups in total. The number of rotatable bonds is 5. The monoisotopic (exact) mass is 240 g/mol. The number of carbonyl (C=O) groups is 1. The van der Waals surface area contributed by atoms with Crippen molar-refractivity contribution < 1.29 is 14.3 Å². The van der Waals surface area contributed by atoms with Crippen molar-refractivity contribution >= 4 is 5.97 Å². The fourth-order valence-electron chi connectivity index (χ4n) is 2.61. The van der Waals surface area contributed by atoms with Gasteiger partial charge in [-0.2, -0.15) is 0 Å². The Hall–Kier alpha value is -0.570. The summed E-state index contributed by atoms with van der Waals surface area (Å²) >= 11 is 0. The quantitative estimate of drug-likeness (QED) is 0.547. The zero-order chi connectivity index (χ0) is 12.1. The van der Waals surface area contributed by atoms with E-state index in [2.05, 4.69) is 6.92 Å². The fraction of sp³-hybridized carbons (Fsp3) is 0.929. The molecule has 0 radical (unpaired) electrons. The Balaban J connectivity index is 1.53. The van der Waals surface area contributed by atoms with Crippen molar-refractivity contribution in [1.29, 1.82) is 0 Å². The standard InChI is InChI=1S/C14H24O3/c1-11-4-6-12(7-5-11)14(15)17-9-2-3-13-8-10-16-13/h11-13H,2-10H2,1H3. The number of esters is 1. The van der Waals surface area contributed by atoms with Crippen LogP contribution >= 0.6 is 0 Å². The molecule has 0 aromatic rings. The normalized spacial score (nSPS) is 32.9. The predicted molar refractivity (Wildman–Crippen MR) is 65.7 cm³/mol. The van der Waals surface area contributed by atoms with Gasteiger partial charge in [-0.05, 0) is 50.9 Å². The van der Waals surface area contributed by atoms with E-state index in [9.17, 15) is 4.79 Å². The van der Waals surface area contributed by atoms with Crippen LogP contribution in [0.3, 0.4) is 0 Å². The molecule has 1 aliphatic carbocycles. The van der Waals surface area contributed by atoms with Crippen LogP contribution in [0.15, 0.2) is 0 Å². The highest BCUT2D eigenvalue weighted by Gasteiger charge is 2.25. The Morgan fingerprint density at radius 1 is 1.24 bits per heavy atom. The van der Waals surface area contributed by atoms with E-state index >= 15 is 0 Å². The second-order valence-electron chi connectivity index (χ2n) is 5.55. The van der Waals surface area contributed by atoms with Gasteiger partial charge in [-0.1, -0.05) is 6.92 Å². The summed E-state index contributed by atoms with van der Waals surface area (Å²) < 4.78 is 10.7. The SMILES string of the molecule is CC1CCC(C(=O)OCCCC2CCO2)CC1. The van der Waals surface area contributed by atoms with Gasteiger partial charge < -0.3 is 9.47 Å². The van der Waals surface area contributed by atoms with Gasteiger partial charge in [-0.3, -0.25) is 4.79 Å². The van der Waals surface area contributed by atoms with Gasteiger partial charge in [0.1, 0.15) is 0 Å². The maximum atomic E-state index is 11.8.